The van der Waals surface area contributed by atoms with Crippen LogP contribution in [0.2, 0.25) is 0 Å². The van der Waals surface area contributed by atoms with E-state index < -0.39 is 6.10 Å². The summed E-state index contributed by atoms with van der Waals surface area (Å²) in [5, 5.41) is 9.89. The average molecular weight is 334 g/mol. The van der Waals surface area contributed by atoms with Crippen LogP contribution in [0.3, 0.4) is 0 Å². The highest BCUT2D eigenvalue weighted by Gasteiger charge is 2.47. The molecule has 3 rings (SSSR count). The Kier molecular flexibility index (Phi) is 5.51. The summed E-state index contributed by atoms with van der Waals surface area (Å²) in [4.78, 5) is 11.8. The van der Waals surface area contributed by atoms with E-state index in [1.165, 1.54) is 19.3 Å². The van der Waals surface area contributed by atoms with E-state index in [2.05, 4.69) is 26.0 Å². The zero-order valence-corrected chi connectivity index (χ0v) is 15.4. The number of aliphatic hydroxyl groups excluding tert-OH is 1. The molecule has 3 nitrogen and oxygen atoms in total. The van der Waals surface area contributed by atoms with Crippen molar-refractivity contribution in [2.24, 2.45) is 35.3 Å². The fourth-order valence-electron chi connectivity index (χ4n) is 5.67. The lowest BCUT2D eigenvalue weighted by molar-refractivity contribution is -0.124. The van der Waals surface area contributed by atoms with E-state index in [1.54, 1.807) is 0 Å². The molecule has 0 aromatic heterocycles. The van der Waals surface area contributed by atoms with E-state index in [1.807, 2.05) is 0 Å². The van der Waals surface area contributed by atoms with E-state index >= 15 is 0 Å². The SMILES string of the molecule is CC1C=CC2CCC(C)C(CCC3CC(=O)CC(O)C3)C2(N)CC1. The lowest BCUT2D eigenvalue weighted by Gasteiger charge is -2.50. The third-order valence-electron chi connectivity index (χ3n) is 7.18. The molecule has 0 bridgehead atoms. The van der Waals surface area contributed by atoms with Gasteiger partial charge in [0.1, 0.15) is 5.78 Å². The standard InChI is InChI=1S/C21H35NO2/c1-14-3-6-17-7-4-15(2)20(21(17,22)10-9-14)8-5-16-11-18(23)13-19(24)12-16/h3,6,14-18,20,23H,4-5,7-13,22H2,1-2H3. The molecule has 2 saturated carbocycles. The highest BCUT2D eigenvalue weighted by atomic mass is 16.3. The van der Waals surface area contributed by atoms with Gasteiger partial charge in [-0.25, -0.2) is 0 Å². The fourth-order valence-corrected chi connectivity index (χ4v) is 5.67. The van der Waals surface area contributed by atoms with Crippen molar-refractivity contribution in [3.63, 3.8) is 0 Å². The van der Waals surface area contributed by atoms with Crippen LogP contribution in [-0.4, -0.2) is 22.5 Å². The maximum absolute atomic E-state index is 11.8. The van der Waals surface area contributed by atoms with Gasteiger partial charge < -0.3 is 10.8 Å². The Morgan fingerprint density at radius 3 is 2.71 bits per heavy atom. The van der Waals surface area contributed by atoms with Gasteiger partial charge in [0.25, 0.3) is 0 Å². The molecule has 0 aromatic carbocycles. The van der Waals surface area contributed by atoms with Gasteiger partial charge in [0.2, 0.25) is 0 Å². The van der Waals surface area contributed by atoms with Crippen LogP contribution in [0.4, 0.5) is 0 Å². The summed E-state index contributed by atoms with van der Waals surface area (Å²) in [5.74, 6) is 2.96. The maximum Gasteiger partial charge on any atom is 0.135 e. The molecule has 3 aliphatic carbocycles. The first-order chi connectivity index (χ1) is 11.4. The summed E-state index contributed by atoms with van der Waals surface area (Å²) < 4.78 is 0. The molecule has 0 heterocycles. The van der Waals surface area contributed by atoms with Gasteiger partial charge >= 0.3 is 0 Å². The molecule has 0 radical (unpaired) electrons. The van der Waals surface area contributed by atoms with Crippen molar-refractivity contribution >= 4 is 5.78 Å². The number of hydrogen-bond acceptors (Lipinski definition) is 3. The zero-order valence-electron chi connectivity index (χ0n) is 15.4. The molecule has 136 valence electrons. The van der Waals surface area contributed by atoms with Crippen molar-refractivity contribution in [2.75, 3.05) is 0 Å². The molecule has 7 atom stereocenters. The molecule has 3 N–H and O–H groups in total. The number of fused-ring (bicyclic) bond motifs is 1. The van der Waals surface area contributed by atoms with Crippen molar-refractivity contribution < 1.29 is 9.90 Å². The van der Waals surface area contributed by atoms with E-state index in [-0.39, 0.29) is 11.3 Å². The third-order valence-corrected chi connectivity index (χ3v) is 7.18. The van der Waals surface area contributed by atoms with Crippen LogP contribution in [0.5, 0.6) is 0 Å². The summed E-state index contributed by atoms with van der Waals surface area (Å²) in [6.45, 7) is 4.67. The Morgan fingerprint density at radius 1 is 1.17 bits per heavy atom. The van der Waals surface area contributed by atoms with Crippen molar-refractivity contribution in [2.45, 2.75) is 83.3 Å². The van der Waals surface area contributed by atoms with Gasteiger partial charge in [0.15, 0.2) is 0 Å². The topological polar surface area (TPSA) is 63.3 Å². The number of carbonyl (C=O) groups excluding carboxylic acids is 1. The predicted octanol–water partition coefficient (Wildman–Crippen LogP) is 3.84. The van der Waals surface area contributed by atoms with Crippen molar-refractivity contribution in [1.29, 1.82) is 0 Å². The number of aliphatic hydroxyl groups is 1. The third kappa shape index (κ3) is 3.77. The normalized spacial score (nSPS) is 46.4. The number of rotatable bonds is 3. The molecule has 0 saturated heterocycles. The molecular weight excluding hydrogens is 298 g/mol. The number of hydrogen-bond donors (Lipinski definition) is 2. The molecule has 0 aliphatic heterocycles. The van der Waals surface area contributed by atoms with Crippen molar-refractivity contribution in [3.05, 3.63) is 12.2 Å². The molecule has 0 amide bonds. The molecule has 3 heteroatoms. The lowest BCUT2D eigenvalue weighted by Crippen LogP contribution is -2.57. The van der Waals surface area contributed by atoms with Crippen LogP contribution in [0, 0.1) is 29.6 Å². The van der Waals surface area contributed by atoms with Gasteiger partial charge in [-0.05, 0) is 74.5 Å². The second-order valence-electron chi connectivity index (χ2n) is 9.06. The first-order valence-electron chi connectivity index (χ1n) is 10.1. The summed E-state index contributed by atoms with van der Waals surface area (Å²) in [6.07, 6.45) is 13.1. The average Bonchev–Trinajstić information content (AvgIpc) is 2.65. The minimum Gasteiger partial charge on any atom is -0.393 e. The van der Waals surface area contributed by atoms with Crippen LogP contribution in [0.1, 0.15) is 71.6 Å². The van der Waals surface area contributed by atoms with Crippen molar-refractivity contribution in [1.82, 2.24) is 0 Å². The molecule has 2 fully saturated rings. The largest absolute Gasteiger partial charge is 0.393 e. The van der Waals surface area contributed by atoms with E-state index in [0.29, 0.717) is 42.4 Å². The molecular formula is C21H35NO2. The summed E-state index contributed by atoms with van der Waals surface area (Å²) in [7, 11) is 0. The minimum atomic E-state index is -0.415. The van der Waals surface area contributed by atoms with Crippen LogP contribution in [0.25, 0.3) is 0 Å². The zero-order chi connectivity index (χ0) is 17.3. The molecule has 3 aliphatic rings. The minimum absolute atomic E-state index is 0.0732. The van der Waals surface area contributed by atoms with Crippen LogP contribution >= 0.6 is 0 Å². The first kappa shape index (κ1) is 18.1. The Balaban J connectivity index is 1.68. The van der Waals surface area contributed by atoms with E-state index in [0.717, 1.165) is 25.7 Å². The quantitative estimate of drug-likeness (QED) is 0.771. The van der Waals surface area contributed by atoms with Gasteiger partial charge in [0.05, 0.1) is 6.10 Å². The van der Waals surface area contributed by atoms with Gasteiger partial charge in [-0.2, -0.15) is 0 Å². The van der Waals surface area contributed by atoms with Gasteiger partial charge in [-0.3, -0.25) is 4.79 Å². The molecule has 7 unspecified atom stereocenters. The highest BCUT2D eigenvalue weighted by Crippen LogP contribution is 2.48. The molecule has 0 aromatic rings. The monoisotopic (exact) mass is 333 g/mol. The lowest BCUT2D eigenvalue weighted by atomic mass is 9.59. The summed E-state index contributed by atoms with van der Waals surface area (Å²) in [6, 6.07) is 0. The second kappa shape index (κ2) is 7.29. The Morgan fingerprint density at radius 2 is 1.96 bits per heavy atom. The number of carbonyl (C=O) groups is 1. The second-order valence-corrected chi connectivity index (χ2v) is 9.06. The molecule has 24 heavy (non-hydrogen) atoms. The number of ketones is 1. The number of allylic oxidation sites excluding steroid dienone is 1. The Labute approximate surface area is 147 Å². The number of nitrogens with two attached hydrogens (primary N) is 1. The predicted molar refractivity (Wildman–Crippen MR) is 97.4 cm³/mol. The van der Waals surface area contributed by atoms with Crippen LogP contribution < -0.4 is 5.73 Å². The van der Waals surface area contributed by atoms with Crippen LogP contribution in [-0.2, 0) is 4.79 Å². The first-order valence-corrected chi connectivity index (χ1v) is 10.1. The van der Waals surface area contributed by atoms with Gasteiger partial charge in [-0.15, -0.1) is 0 Å². The van der Waals surface area contributed by atoms with Gasteiger partial charge in [-0.1, -0.05) is 26.0 Å². The maximum atomic E-state index is 11.8. The Bertz CT molecular complexity index is 488. The smallest absolute Gasteiger partial charge is 0.135 e. The van der Waals surface area contributed by atoms with E-state index in [9.17, 15) is 9.90 Å². The molecule has 0 spiro atoms. The number of Topliss-reactive ketones (excluding diaryl/α,β-unsaturated/α-hetero) is 1. The summed E-state index contributed by atoms with van der Waals surface area (Å²) in [5.41, 5.74) is 6.99. The van der Waals surface area contributed by atoms with Crippen LogP contribution in [0.15, 0.2) is 12.2 Å². The summed E-state index contributed by atoms with van der Waals surface area (Å²) >= 11 is 0. The fraction of sp³-hybridized carbons (Fsp3) is 0.857. The highest BCUT2D eigenvalue weighted by molar-refractivity contribution is 5.79. The Hall–Kier alpha value is -0.670. The van der Waals surface area contributed by atoms with Crippen molar-refractivity contribution in [3.8, 4) is 0 Å². The van der Waals surface area contributed by atoms with E-state index in [4.69, 9.17) is 5.73 Å². The van der Waals surface area contributed by atoms with Gasteiger partial charge in [0, 0.05) is 18.4 Å².